The molecule has 1 aromatic carbocycles. The van der Waals surface area contributed by atoms with Crippen molar-refractivity contribution in [2.24, 2.45) is 13.0 Å². The number of hydrogen-bond acceptors (Lipinski definition) is 3. The summed E-state index contributed by atoms with van der Waals surface area (Å²) in [5, 5.41) is 3.39. The zero-order valence-electron chi connectivity index (χ0n) is 14.1. The lowest BCUT2D eigenvalue weighted by atomic mass is 10.1. The first-order valence-corrected chi connectivity index (χ1v) is 9.18. The van der Waals surface area contributed by atoms with E-state index in [-0.39, 0.29) is 30.3 Å². The highest BCUT2D eigenvalue weighted by Crippen LogP contribution is 2.49. The molecule has 0 spiro atoms. The van der Waals surface area contributed by atoms with Crippen LogP contribution in [0, 0.1) is 5.92 Å². The van der Waals surface area contributed by atoms with E-state index in [2.05, 4.69) is 38.4 Å². The quantitative estimate of drug-likeness (QED) is 0.823. The minimum Gasteiger partial charge on any atom is -0.336 e. The largest absolute Gasteiger partial charge is 0.336 e. The number of carbonyl (C=O) groups excluding carboxylic acids is 1. The molecular formula is C18H22BrClN4O. The Kier molecular flexibility index (Phi) is 5.51. The molecule has 1 aliphatic heterocycles. The Hall–Kier alpha value is -1.37. The van der Waals surface area contributed by atoms with Crippen molar-refractivity contribution in [2.75, 3.05) is 19.6 Å². The third-order valence-electron chi connectivity index (χ3n) is 5.07. The summed E-state index contributed by atoms with van der Waals surface area (Å²) in [7, 11) is 1.99. The number of piperazine rings is 1. The molecule has 4 rings (SSSR count). The zero-order valence-corrected chi connectivity index (χ0v) is 16.5. The molecule has 0 radical (unpaired) electrons. The van der Waals surface area contributed by atoms with E-state index in [9.17, 15) is 4.79 Å². The molecular weight excluding hydrogens is 404 g/mol. The molecule has 1 saturated carbocycles. The monoisotopic (exact) mass is 424 g/mol. The Bertz CT molecular complexity index is 765. The third-order valence-corrected chi connectivity index (χ3v) is 5.56. The molecule has 7 heteroatoms. The van der Waals surface area contributed by atoms with Gasteiger partial charge in [0.15, 0.2) is 0 Å². The number of rotatable bonds is 3. The first-order chi connectivity index (χ1) is 11.6. The molecule has 1 amide bonds. The van der Waals surface area contributed by atoms with Crippen LogP contribution >= 0.6 is 28.3 Å². The van der Waals surface area contributed by atoms with Crippen molar-refractivity contribution in [1.29, 1.82) is 0 Å². The van der Waals surface area contributed by atoms with Gasteiger partial charge in [-0.25, -0.2) is 4.98 Å². The Morgan fingerprint density at radius 1 is 1.40 bits per heavy atom. The second kappa shape index (κ2) is 7.48. The maximum absolute atomic E-state index is 13.1. The van der Waals surface area contributed by atoms with Crippen LogP contribution in [0.4, 0.5) is 0 Å². The van der Waals surface area contributed by atoms with E-state index in [0.29, 0.717) is 5.92 Å². The number of carbonyl (C=O) groups is 1. The average Bonchev–Trinajstić information content (AvgIpc) is 3.29. The van der Waals surface area contributed by atoms with Crippen LogP contribution in [0.1, 0.15) is 29.8 Å². The van der Waals surface area contributed by atoms with Crippen LogP contribution in [0.5, 0.6) is 0 Å². The summed E-state index contributed by atoms with van der Waals surface area (Å²) in [6, 6.07) is 8.34. The number of nitrogens with zero attached hydrogens (tertiary/aromatic N) is 3. The predicted octanol–water partition coefficient (Wildman–Crippen LogP) is 2.88. The highest BCUT2D eigenvalue weighted by molar-refractivity contribution is 9.10. The van der Waals surface area contributed by atoms with Gasteiger partial charge in [-0.05, 0) is 30.0 Å². The van der Waals surface area contributed by atoms with Crippen molar-refractivity contribution < 1.29 is 4.79 Å². The van der Waals surface area contributed by atoms with E-state index in [1.54, 1.807) is 6.20 Å². The molecule has 2 fully saturated rings. The lowest BCUT2D eigenvalue weighted by molar-refractivity contribution is -0.136. The van der Waals surface area contributed by atoms with Crippen molar-refractivity contribution in [3.05, 3.63) is 52.5 Å². The van der Waals surface area contributed by atoms with Crippen LogP contribution in [0.3, 0.4) is 0 Å². The Morgan fingerprint density at radius 2 is 2.24 bits per heavy atom. The van der Waals surface area contributed by atoms with Crippen LogP contribution in [0.25, 0.3) is 0 Å². The number of halogens is 2. The molecule has 1 aromatic heterocycles. The van der Waals surface area contributed by atoms with Crippen LogP contribution in [0.2, 0.25) is 0 Å². The smallest absolute Gasteiger partial charge is 0.227 e. The minimum atomic E-state index is 0. The third kappa shape index (κ3) is 3.61. The lowest BCUT2D eigenvalue weighted by Gasteiger charge is -2.36. The maximum Gasteiger partial charge on any atom is 0.227 e. The van der Waals surface area contributed by atoms with Crippen LogP contribution in [-0.4, -0.2) is 40.0 Å². The van der Waals surface area contributed by atoms with E-state index < -0.39 is 0 Å². The van der Waals surface area contributed by atoms with Gasteiger partial charge in [-0.1, -0.05) is 28.1 Å². The summed E-state index contributed by atoms with van der Waals surface area (Å²) >= 11 is 3.52. The van der Waals surface area contributed by atoms with Gasteiger partial charge in [0.2, 0.25) is 5.91 Å². The van der Waals surface area contributed by atoms with Gasteiger partial charge in [-0.3, -0.25) is 4.79 Å². The Morgan fingerprint density at radius 3 is 2.96 bits per heavy atom. The fraction of sp³-hybridized carbons (Fsp3) is 0.444. The number of imidazole rings is 1. The summed E-state index contributed by atoms with van der Waals surface area (Å²) < 4.78 is 3.09. The standard InChI is InChI=1S/C18H21BrN4O.ClH/c1-22-7-6-21-17(22)16-11-20-5-8-23(16)18(24)15-10-14(15)12-3-2-4-13(19)9-12;/h2-4,6-7,9,14-16,20H,5,8,10-11H2,1H3;1H. The number of amides is 1. The molecule has 3 unspecified atom stereocenters. The summed E-state index contributed by atoms with van der Waals surface area (Å²) in [6.45, 7) is 2.36. The maximum atomic E-state index is 13.1. The van der Waals surface area contributed by atoms with Gasteiger partial charge in [0, 0.05) is 49.5 Å². The van der Waals surface area contributed by atoms with Gasteiger partial charge >= 0.3 is 0 Å². The molecule has 2 aromatic rings. The molecule has 5 nitrogen and oxygen atoms in total. The van der Waals surface area contributed by atoms with E-state index in [1.165, 1.54) is 5.56 Å². The van der Waals surface area contributed by atoms with Gasteiger partial charge in [0.1, 0.15) is 11.9 Å². The SMILES string of the molecule is Cl.Cn1ccnc1C1CNCCN1C(=O)C1CC1c1cccc(Br)c1. The zero-order chi connectivity index (χ0) is 16.7. The summed E-state index contributed by atoms with van der Waals surface area (Å²) in [4.78, 5) is 19.6. The average molecular weight is 426 g/mol. The molecule has 3 atom stereocenters. The summed E-state index contributed by atoms with van der Waals surface area (Å²) in [5.41, 5.74) is 1.26. The summed E-state index contributed by atoms with van der Waals surface area (Å²) in [6.07, 6.45) is 4.69. The molecule has 134 valence electrons. The Labute approximate surface area is 162 Å². The van der Waals surface area contributed by atoms with Crippen molar-refractivity contribution >= 4 is 34.2 Å². The van der Waals surface area contributed by atoms with Crippen LogP contribution in [0.15, 0.2) is 41.1 Å². The second-order valence-corrected chi connectivity index (χ2v) is 7.57. The molecule has 1 N–H and O–H groups in total. The van der Waals surface area contributed by atoms with Crippen molar-refractivity contribution in [1.82, 2.24) is 19.8 Å². The molecule has 0 bridgehead atoms. The summed E-state index contributed by atoms with van der Waals surface area (Å²) in [5.74, 6) is 1.69. The Balaban J connectivity index is 0.00000182. The topological polar surface area (TPSA) is 50.2 Å². The number of benzene rings is 1. The van der Waals surface area contributed by atoms with Gasteiger partial charge in [0.25, 0.3) is 0 Å². The molecule has 2 aliphatic rings. The first kappa shape index (κ1) is 18.4. The van der Waals surface area contributed by atoms with Gasteiger partial charge in [-0.2, -0.15) is 0 Å². The van der Waals surface area contributed by atoms with E-state index >= 15 is 0 Å². The molecule has 2 heterocycles. The number of nitrogens with one attached hydrogen (secondary N) is 1. The van der Waals surface area contributed by atoms with Gasteiger partial charge < -0.3 is 14.8 Å². The first-order valence-electron chi connectivity index (χ1n) is 8.39. The lowest BCUT2D eigenvalue weighted by Crippen LogP contribution is -2.50. The molecule has 1 aliphatic carbocycles. The highest BCUT2D eigenvalue weighted by Gasteiger charge is 2.47. The van der Waals surface area contributed by atoms with Crippen molar-refractivity contribution in [3.63, 3.8) is 0 Å². The van der Waals surface area contributed by atoms with Gasteiger partial charge in [-0.15, -0.1) is 12.4 Å². The highest BCUT2D eigenvalue weighted by atomic mass is 79.9. The minimum absolute atomic E-state index is 0. The fourth-order valence-corrected chi connectivity index (χ4v) is 4.10. The van der Waals surface area contributed by atoms with Crippen molar-refractivity contribution in [3.8, 4) is 0 Å². The molecule has 25 heavy (non-hydrogen) atoms. The number of aromatic nitrogens is 2. The van der Waals surface area contributed by atoms with Crippen LogP contribution in [-0.2, 0) is 11.8 Å². The van der Waals surface area contributed by atoms with Crippen LogP contribution < -0.4 is 5.32 Å². The number of hydrogen-bond donors (Lipinski definition) is 1. The van der Waals surface area contributed by atoms with E-state index in [0.717, 1.165) is 36.4 Å². The molecule has 1 saturated heterocycles. The van der Waals surface area contributed by atoms with Crippen molar-refractivity contribution in [2.45, 2.75) is 18.4 Å². The van der Waals surface area contributed by atoms with E-state index in [4.69, 9.17) is 0 Å². The van der Waals surface area contributed by atoms with E-state index in [1.807, 2.05) is 34.8 Å². The predicted molar refractivity (Wildman–Crippen MR) is 103 cm³/mol. The van der Waals surface area contributed by atoms with Gasteiger partial charge in [0.05, 0.1) is 0 Å². The second-order valence-electron chi connectivity index (χ2n) is 6.65. The fourth-order valence-electron chi connectivity index (χ4n) is 3.68. The number of aryl methyl sites for hydroxylation is 1. The normalized spacial score (nSPS) is 25.4.